The van der Waals surface area contributed by atoms with E-state index in [0.717, 1.165) is 6.26 Å². The van der Waals surface area contributed by atoms with E-state index in [9.17, 15) is 21.6 Å². The maximum Gasteiger partial charge on any atom is 0.435 e. The number of pyridine rings is 1. The summed E-state index contributed by atoms with van der Waals surface area (Å²) >= 11 is 0. The predicted octanol–water partition coefficient (Wildman–Crippen LogP) is 3.77. The van der Waals surface area contributed by atoms with Crippen molar-refractivity contribution in [2.75, 3.05) is 6.26 Å². The number of imidazole rings is 1. The van der Waals surface area contributed by atoms with E-state index in [2.05, 4.69) is 15.0 Å². The maximum absolute atomic E-state index is 13.5. The van der Waals surface area contributed by atoms with E-state index in [1.807, 2.05) is 0 Å². The molecule has 9 heteroatoms. The Morgan fingerprint density at radius 3 is 2.58 bits per heavy atom. The normalized spacial score (nSPS) is 18.0. The molecular weight excluding hydrogens is 367 g/mol. The summed E-state index contributed by atoms with van der Waals surface area (Å²) in [5.41, 5.74) is -0.0474. The molecular formula is C17H16F3N3O2S. The Kier molecular flexibility index (Phi) is 4.51. The molecule has 1 N–H and O–H groups in total. The standard InChI is InChI=1S/C17H16F3N3O2S/c1-10-13(4-3-9-21-10)16-22-14(15(23-16)17(18,19)20)11-5-7-12(8-6-11)26(2,24)25/h3-5,7-9,11H,6H2,1-2H3,(H,22,23). The molecule has 0 bridgehead atoms. The van der Waals surface area contributed by atoms with Crippen molar-refractivity contribution in [3.05, 3.63) is 58.5 Å². The molecule has 0 aromatic carbocycles. The summed E-state index contributed by atoms with van der Waals surface area (Å²) in [6.45, 7) is 1.69. The zero-order valence-electron chi connectivity index (χ0n) is 14.0. The van der Waals surface area contributed by atoms with Gasteiger partial charge in [0.2, 0.25) is 0 Å². The monoisotopic (exact) mass is 383 g/mol. The van der Waals surface area contributed by atoms with Crippen molar-refractivity contribution in [1.82, 2.24) is 15.0 Å². The van der Waals surface area contributed by atoms with Crippen LogP contribution in [0.1, 0.15) is 29.4 Å². The third-order valence-electron chi connectivity index (χ3n) is 4.13. The van der Waals surface area contributed by atoms with Crippen LogP contribution in [0.4, 0.5) is 13.2 Å². The molecule has 2 aromatic heterocycles. The molecule has 0 amide bonds. The van der Waals surface area contributed by atoms with Crippen LogP contribution in [0.25, 0.3) is 11.4 Å². The van der Waals surface area contributed by atoms with Crippen LogP contribution in [-0.2, 0) is 16.0 Å². The number of nitrogens with one attached hydrogen (secondary N) is 1. The lowest BCUT2D eigenvalue weighted by Crippen LogP contribution is -2.13. The van der Waals surface area contributed by atoms with Crippen LogP contribution in [0.15, 0.2) is 41.5 Å². The van der Waals surface area contributed by atoms with E-state index in [4.69, 9.17) is 0 Å². The Balaban J connectivity index is 2.04. The topological polar surface area (TPSA) is 75.7 Å². The van der Waals surface area contributed by atoms with Crippen LogP contribution in [0.3, 0.4) is 0 Å². The van der Waals surface area contributed by atoms with Gasteiger partial charge in [0.1, 0.15) is 5.82 Å². The second-order valence-corrected chi connectivity index (χ2v) is 8.08. The third-order valence-corrected chi connectivity index (χ3v) is 5.29. The van der Waals surface area contributed by atoms with Crippen LogP contribution in [0.2, 0.25) is 0 Å². The summed E-state index contributed by atoms with van der Waals surface area (Å²) in [6, 6.07) is 3.27. The molecule has 5 nitrogen and oxygen atoms in total. The first kappa shape index (κ1) is 18.4. The molecule has 26 heavy (non-hydrogen) atoms. The van der Waals surface area contributed by atoms with Gasteiger partial charge in [-0.05, 0) is 31.6 Å². The Hall–Kier alpha value is -2.42. The molecule has 2 aromatic rings. The maximum atomic E-state index is 13.5. The molecule has 0 saturated heterocycles. The van der Waals surface area contributed by atoms with Gasteiger partial charge in [-0.3, -0.25) is 4.98 Å². The van der Waals surface area contributed by atoms with Crippen molar-refractivity contribution >= 4 is 9.84 Å². The summed E-state index contributed by atoms with van der Waals surface area (Å²) < 4.78 is 63.5. The lowest BCUT2D eigenvalue weighted by Gasteiger charge is -2.16. The highest BCUT2D eigenvalue weighted by Crippen LogP contribution is 2.38. The van der Waals surface area contributed by atoms with Gasteiger partial charge in [0, 0.05) is 29.6 Å². The molecule has 0 radical (unpaired) electrons. The molecule has 2 heterocycles. The number of aryl methyl sites for hydroxylation is 1. The molecule has 1 atom stereocenters. The molecule has 0 saturated carbocycles. The van der Waals surface area contributed by atoms with Crippen molar-refractivity contribution in [3.63, 3.8) is 0 Å². The van der Waals surface area contributed by atoms with Crippen LogP contribution >= 0.6 is 0 Å². The summed E-state index contributed by atoms with van der Waals surface area (Å²) in [5, 5.41) is 0. The predicted molar refractivity (Wildman–Crippen MR) is 91.0 cm³/mol. The number of aromatic amines is 1. The van der Waals surface area contributed by atoms with Crippen molar-refractivity contribution in [2.45, 2.75) is 25.4 Å². The Bertz CT molecular complexity index is 1000. The molecule has 138 valence electrons. The minimum atomic E-state index is -4.63. The van der Waals surface area contributed by atoms with Crippen LogP contribution in [-0.4, -0.2) is 29.6 Å². The summed E-state index contributed by atoms with van der Waals surface area (Å²) in [7, 11) is -3.40. The zero-order valence-corrected chi connectivity index (χ0v) is 14.8. The van der Waals surface area contributed by atoms with Crippen molar-refractivity contribution in [2.24, 2.45) is 0 Å². The average molecular weight is 383 g/mol. The highest BCUT2D eigenvalue weighted by molar-refractivity contribution is 7.94. The second kappa shape index (κ2) is 6.39. The number of hydrogen-bond donors (Lipinski definition) is 1. The number of rotatable bonds is 3. The largest absolute Gasteiger partial charge is 0.435 e. The van der Waals surface area contributed by atoms with E-state index in [0.29, 0.717) is 11.3 Å². The fourth-order valence-corrected chi connectivity index (χ4v) is 3.55. The Morgan fingerprint density at radius 1 is 1.31 bits per heavy atom. The molecule has 1 aliphatic carbocycles. The van der Waals surface area contributed by atoms with Gasteiger partial charge < -0.3 is 4.98 Å². The Labute approximate surface area is 148 Å². The summed E-state index contributed by atoms with van der Waals surface area (Å²) in [5.74, 6) is -0.556. The first-order chi connectivity index (χ1) is 12.1. The molecule has 3 rings (SSSR count). The minimum absolute atomic E-state index is 0.0872. The van der Waals surface area contributed by atoms with E-state index >= 15 is 0 Å². The number of alkyl halides is 3. The molecule has 0 fully saturated rings. The number of hydrogen-bond acceptors (Lipinski definition) is 4. The Morgan fingerprint density at radius 2 is 2.04 bits per heavy atom. The number of nitrogens with zero attached hydrogens (tertiary/aromatic N) is 2. The lowest BCUT2D eigenvalue weighted by atomic mass is 9.95. The number of aromatic nitrogens is 3. The van der Waals surface area contributed by atoms with Crippen LogP contribution in [0, 0.1) is 6.92 Å². The van der Waals surface area contributed by atoms with Crippen molar-refractivity contribution < 1.29 is 21.6 Å². The zero-order chi connectivity index (χ0) is 19.1. The highest BCUT2D eigenvalue weighted by Gasteiger charge is 2.39. The summed E-state index contributed by atoms with van der Waals surface area (Å²) in [6.07, 6.45) is 2.33. The average Bonchev–Trinajstić information content (AvgIpc) is 3.00. The molecule has 0 aliphatic heterocycles. The van der Waals surface area contributed by atoms with E-state index in [1.165, 1.54) is 18.2 Å². The van der Waals surface area contributed by atoms with Gasteiger partial charge in [0.05, 0.1) is 10.6 Å². The first-order valence-electron chi connectivity index (χ1n) is 7.75. The third kappa shape index (κ3) is 3.57. The number of allylic oxidation sites excluding steroid dienone is 3. The minimum Gasteiger partial charge on any atom is -0.341 e. The molecule has 0 spiro atoms. The van der Waals surface area contributed by atoms with Gasteiger partial charge in [-0.1, -0.05) is 12.2 Å². The second-order valence-electron chi connectivity index (χ2n) is 6.06. The SMILES string of the molecule is Cc1ncccc1-c1nc(C(F)(F)F)c(C2C=CC(S(C)(=O)=O)=CC2)[nH]1. The summed E-state index contributed by atoms with van der Waals surface area (Å²) in [4.78, 5) is 10.7. The van der Waals surface area contributed by atoms with Crippen molar-refractivity contribution in [3.8, 4) is 11.4 Å². The van der Waals surface area contributed by atoms with Crippen LogP contribution in [0.5, 0.6) is 0 Å². The number of H-pyrrole nitrogens is 1. The number of sulfone groups is 1. The quantitative estimate of drug-likeness (QED) is 0.875. The van der Waals surface area contributed by atoms with Gasteiger partial charge in [-0.2, -0.15) is 13.2 Å². The molecule has 1 aliphatic rings. The molecule has 1 unspecified atom stereocenters. The van der Waals surface area contributed by atoms with Crippen LogP contribution < -0.4 is 0 Å². The first-order valence-corrected chi connectivity index (χ1v) is 9.64. The van der Waals surface area contributed by atoms with E-state index in [-0.39, 0.29) is 22.8 Å². The van der Waals surface area contributed by atoms with Gasteiger partial charge in [-0.25, -0.2) is 13.4 Å². The lowest BCUT2D eigenvalue weighted by molar-refractivity contribution is -0.141. The fraction of sp³-hybridized carbons (Fsp3) is 0.294. The van der Waals surface area contributed by atoms with E-state index in [1.54, 1.807) is 25.3 Å². The number of halogens is 3. The highest BCUT2D eigenvalue weighted by atomic mass is 32.2. The smallest absolute Gasteiger partial charge is 0.341 e. The van der Waals surface area contributed by atoms with Crippen molar-refractivity contribution in [1.29, 1.82) is 0 Å². The van der Waals surface area contributed by atoms with E-state index < -0.39 is 27.6 Å². The fourth-order valence-electron chi connectivity index (χ4n) is 2.82. The van der Waals surface area contributed by atoms with Gasteiger partial charge in [0.25, 0.3) is 0 Å². The van der Waals surface area contributed by atoms with Gasteiger partial charge in [-0.15, -0.1) is 0 Å². The van der Waals surface area contributed by atoms with Gasteiger partial charge >= 0.3 is 6.18 Å². The van der Waals surface area contributed by atoms with Gasteiger partial charge in [0.15, 0.2) is 15.5 Å².